The third-order valence-electron chi connectivity index (χ3n) is 2.16. The van der Waals surface area contributed by atoms with E-state index in [1.807, 2.05) is 32.0 Å². The molecule has 0 radical (unpaired) electrons. The van der Waals surface area contributed by atoms with Crippen LogP contribution in [0.4, 0.5) is 0 Å². The number of ether oxygens (including phenoxy) is 2. The molecule has 16 heavy (non-hydrogen) atoms. The molecule has 0 aliphatic rings. The molecule has 0 amide bonds. The molecule has 0 spiro atoms. The average molecular weight is 222 g/mol. The molecule has 1 aromatic carbocycles. The zero-order chi connectivity index (χ0) is 11.8. The van der Waals surface area contributed by atoms with Gasteiger partial charge in [0, 0.05) is 6.42 Å². The Hall–Kier alpha value is -1.51. The Morgan fingerprint density at radius 3 is 2.44 bits per heavy atom. The van der Waals surface area contributed by atoms with E-state index in [-0.39, 0.29) is 0 Å². The number of hydrogen-bond donors (Lipinski definition) is 0. The summed E-state index contributed by atoms with van der Waals surface area (Å²) in [7, 11) is 0. The molecule has 0 saturated heterocycles. The fraction of sp³-hybridized carbons (Fsp3) is 0.462. The summed E-state index contributed by atoms with van der Waals surface area (Å²) in [6, 6.07) is 5.81. The van der Waals surface area contributed by atoms with Crippen molar-refractivity contribution in [3.8, 4) is 11.5 Å². The first-order chi connectivity index (χ1) is 7.81. The quantitative estimate of drug-likeness (QED) is 0.665. The van der Waals surface area contributed by atoms with Crippen molar-refractivity contribution in [2.45, 2.75) is 26.7 Å². The van der Waals surface area contributed by atoms with Gasteiger partial charge in [-0.1, -0.05) is 6.07 Å². The summed E-state index contributed by atoms with van der Waals surface area (Å²) in [5.41, 5.74) is 1.10. The second-order valence-electron chi connectivity index (χ2n) is 3.35. The van der Waals surface area contributed by atoms with Crippen LogP contribution in [0, 0.1) is 0 Å². The molecule has 0 aliphatic carbocycles. The number of carbonyl (C=O) groups excluding carboxylic acids is 1. The predicted molar refractivity (Wildman–Crippen MR) is 63.2 cm³/mol. The monoisotopic (exact) mass is 222 g/mol. The van der Waals surface area contributed by atoms with E-state index in [0.717, 1.165) is 29.8 Å². The van der Waals surface area contributed by atoms with E-state index in [0.29, 0.717) is 19.6 Å². The van der Waals surface area contributed by atoms with Gasteiger partial charge in [-0.05, 0) is 38.0 Å². The first kappa shape index (κ1) is 12.6. The molecule has 0 saturated carbocycles. The maximum absolute atomic E-state index is 10.3. The highest BCUT2D eigenvalue weighted by Crippen LogP contribution is 2.28. The minimum atomic E-state index is 0.541. The molecule has 0 fully saturated rings. The van der Waals surface area contributed by atoms with Crippen LogP contribution >= 0.6 is 0 Å². The maximum Gasteiger partial charge on any atom is 0.161 e. The van der Waals surface area contributed by atoms with Crippen molar-refractivity contribution in [3.05, 3.63) is 23.8 Å². The molecule has 0 unspecified atom stereocenters. The van der Waals surface area contributed by atoms with Gasteiger partial charge in [0.25, 0.3) is 0 Å². The van der Waals surface area contributed by atoms with E-state index in [4.69, 9.17) is 9.47 Å². The lowest BCUT2D eigenvalue weighted by Gasteiger charge is -2.11. The van der Waals surface area contributed by atoms with Crippen molar-refractivity contribution in [3.63, 3.8) is 0 Å². The van der Waals surface area contributed by atoms with Gasteiger partial charge >= 0.3 is 0 Å². The van der Waals surface area contributed by atoms with Gasteiger partial charge in [-0.3, -0.25) is 0 Å². The average Bonchev–Trinajstić information content (AvgIpc) is 2.30. The smallest absolute Gasteiger partial charge is 0.161 e. The normalized spacial score (nSPS) is 9.88. The summed E-state index contributed by atoms with van der Waals surface area (Å²) in [5.74, 6) is 1.52. The Balaban J connectivity index is 2.83. The van der Waals surface area contributed by atoms with Crippen LogP contribution in [0.3, 0.4) is 0 Å². The fourth-order valence-corrected chi connectivity index (χ4v) is 1.48. The fourth-order valence-electron chi connectivity index (χ4n) is 1.48. The van der Waals surface area contributed by atoms with E-state index < -0.39 is 0 Å². The summed E-state index contributed by atoms with van der Waals surface area (Å²) < 4.78 is 11.0. The number of benzene rings is 1. The zero-order valence-electron chi connectivity index (χ0n) is 9.86. The van der Waals surface area contributed by atoms with Gasteiger partial charge in [-0.2, -0.15) is 0 Å². The Morgan fingerprint density at radius 1 is 1.12 bits per heavy atom. The summed E-state index contributed by atoms with van der Waals surface area (Å²) in [5, 5.41) is 0. The zero-order valence-corrected chi connectivity index (χ0v) is 9.86. The Morgan fingerprint density at radius 2 is 1.81 bits per heavy atom. The van der Waals surface area contributed by atoms with E-state index in [1.165, 1.54) is 0 Å². The molecule has 0 N–H and O–H groups in total. The molecule has 0 aliphatic heterocycles. The molecule has 1 aromatic rings. The van der Waals surface area contributed by atoms with Crippen molar-refractivity contribution in [1.29, 1.82) is 0 Å². The lowest BCUT2D eigenvalue weighted by Crippen LogP contribution is -1.99. The Kier molecular flexibility index (Phi) is 5.40. The van der Waals surface area contributed by atoms with Gasteiger partial charge in [0.1, 0.15) is 6.29 Å². The minimum absolute atomic E-state index is 0.541. The molecular weight excluding hydrogens is 204 g/mol. The lowest BCUT2D eigenvalue weighted by molar-refractivity contribution is -0.107. The first-order valence-corrected chi connectivity index (χ1v) is 5.64. The molecule has 1 rings (SSSR count). The van der Waals surface area contributed by atoms with E-state index in [9.17, 15) is 4.79 Å². The van der Waals surface area contributed by atoms with Crippen molar-refractivity contribution >= 4 is 6.29 Å². The topological polar surface area (TPSA) is 35.5 Å². The third-order valence-corrected chi connectivity index (χ3v) is 2.16. The largest absolute Gasteiger partial charge is 0.490 e. The predicted octanol–water partition coefficient (Wildman–Crippen LogP) is 2.62. The van der Waals surface area contributed by atoms with Crippen molar-refractivity contribution in [2.24, 2.45) is 0 Å². The molecule has 0 heterocycles. The van der Waals surface area contributed by atoms with Crippen LogP contribution in [0.15, 0.2) is 18.2 Å². The molecule has 3 heteroatoms. The summed E-state index contributed by atoms with van der Waals surface area (Å²) in [6.45, 7) is 5.11. The highest BCUT2D eigenvalue weighted by atomic mass is 16.5. The van der Waals surface area contributed by atoms with Gasteiger partial charge < -0.3 is 14.3 Å². The van der Waals surface area contributed by atoms with Crippen LogP contribution < -0.4 is 9.47 Å². The number of rotatable bonds is 7. The number of aryl methyl sites for hydroxylation is 1. The second-order valence-corrected chi connectivity index (χ2v) is 3.35. The highest BCUT2D eigenvalue weighted by molar-refractivity contribution is 5.51. The van der Waals surface area contributed by atoms with Crippen LogP contribution in [-0.2, 0) is 11.2 Å². The van der Waals surface area contributed by atoms with Gasteiger partial charge in [-0.15, -0.1) is 0 Å². The standard InChI is InChI=1S/C13H18O3/c1-3-15-12-8-7-11(6-5-9-14)10-13(12)16-4-2/h7-10H,3-6H2,1-2H3. The van der Waals surface area contributed by atoms with E-state index in [2.05, 4.69) is 0 Å². The van der Waals surface area contributed by atoms with E-state index in [1.54, 1.807) is 0 Å². The molecular formula is C13H18O3. The molecule has 88 valence electrons. The molecule has 0 atom stereocenters. The SMILES string of the molecule is CCOc1ccc(CCC=O)cc1OCC. The van der Waals surface area contributed by atoms with Crippen LogP contribution in [0.1, 0.15) is 25.8 Å². The number of carbonyl (C=O) groups is 1. The molecule has 0 aromatic heterocycles. The lowest BCUT2D eigenvalue weighted by atomic mass is 10.1. The number of hydrogen-bond acceptors (Lipinski definition) is 3. The van der Waals surface area contributed by atoms with Crippen molar-refractivity contribution in [2.75, 3.05) is 13.2 Å². The summed E-state index contributed by atoms with van der Waals surface area (Å²) >= 11 is 0. The van der Waals surface area contributed by atoms with Gasteiger partial charge in [0.05, 0.1) is 13.2 Å². The third kappa shape index (κ3) is 3.57. The van der Waals surface area contributed by atoms with Gasteiger partial charge in [0.15, 0.2) is 11.5 Å². The second kappa shape index (κ2) is 6.88. The first-order valence-electron chi connectivity index (χ1n) is 5.64. The van der Waals surface area contributed by atoms with Crippen LogP contribution in [0.2, 0.25) is 0 Å². The van der Waals surface area contributed by atoms with Crippen LogP contribution in [-0.4, -0.2) is 19.5 Å². The molecule has 0 bridgehead atoms. The van der Waals surface area contributed by atoms with E-state index >= 15 is 0 Å². The van der Waals surface area contributed by atoms with Crippen LogP contribution in [0.5, 0.6) is 11.5 Å². The minimum Gasteiger partial charge on any atom is -0.490 e. The Bertz CT molecular complexity index is 334. The van der Waals surface area contributed by atoms with Gasteiger partial charge in [-0.25, -0.2) is 0 Å². The Labute approximate surface area is 96.4 Å². The van der Waals surface area contributed by atoms with Crippen molar-refractivity contribution < 1.29 is 14.3 Å². The highest BCUT2D eigenvalue weighted by Gasteiger charge is 2.05. The summed E-state index contributed by atoms with van der Waals surface area (Å²) in [4.78, 5) is 10.3. The van der Waals surface area contributed by atoms with Gasteiger partial charge in [0.2, 0.25) is 0 Å². The van der Waals surface area contributed by atoms with Crippen molar-refractivity contribution in [1.82, 2.24) is 0 Å². The number of aldehydes is 1. The summed E-state index contributed by atoms with van der Waals surface area (Å²) in [6.07, 6.45) is 2.21. The maximum atomic E-state index is 10.3. The van der Waals surface area contributed by atoms with Crippen LogP contribution in [0.25, 0.3) is 0 Å². The molecule has 3 nitrogen and oxygen atoms in total.